The van der Waals surface area contributed by atoms with Crippen LogP contribution in [0.5, 0.6) is 5.75 Å². The summed E-state index contributed by atoms with van der Waals surface area (Å²) in [5, 5.41) is 0. The average Bonchev–Trinajstić information content (AvgIpc) is 2.83. The van der Waals surface area contributed by atoms with E-state index in [1.165, 1.54) is 11.8 Å². The Morgan fingerprint density at radius 3 is 2.54 bits per heavy atom. The lowest BCUT2D eigenvalue weighted by atomic mass is 10.1. The first-order valence-electron chi connectivity index (χ1n) is 7.18. The van der Waals surface area contributed by atoms with E-state index in [0.29, 0.717) is 9.23 Å². The number of anilines is 1. The Hall–Kier alpha value is -1.63. The van der Waals surface area contributed by atoms with Gasteiger partial charge in [-0.1, -0.05) is 52.0 Å². The molecule has 0 aliphatic carbocycles. The summed E-state index contributed by atoms with van der Waals surface area (Å²) in [4.78, 5) is 15.0. The molecule has 3 rings (SSSR count). The summed E-state index contributed by atoms with van der Waals surface area (Å²) in [5.41, 5.74) is 2.74. The van der Waals surface area contributed by atoms with E-state index in [9.17, 15) is 4.79 Å². The largest absolute Gasteiger partial charge is 0.497 e. The van der Waals surface area contributed by atoms with Gasteiger partial charge < -0.3 is 4.74 Å². The predicted molar refractivity (Wildman–Crippen MR) is 108 cm³/mol. The van der Waals surface area contributed by atoms with Crippen molar-refractivity contribution in [1.29, 1.82) is 0 Å². The van der Waals surface area contributed by atoms with Gasteiger partial charge in [-0.15, -0.1) is 0 Å². The second-order valence-corrected chi connectivity index (χ2v) is 7.81. The molecule has 3 nitrogen and oxygen atoms in total. The van der Waals surface area contributed by atoms with E-state index in [0.717, 1.165) is 27.0 Å². The van der Waals surface area contributed by atoms with Gasteiger partial charge in [-0.05, 0) is 54.5 Å². The molecule has 0 saturated carbocycles. The zero-order valence-corrected chi connectivity index (χ0v) is 16.3. The number of hydrogen-bond acceptors (Lipinski definition) is 4. The highest BCUT2D eigenvalue weighted by Crippen LogP contribution is 2.37. The van der Waals surface area contributed by atoms with Crippen molar-refractivity contribution in [3.8, 4) is 5.75 Å². The predicted octanol–water partition coefficient (Wildman–Crippen LogP) is 5.17. The summed E-state index contributed by atoms with van der Waals surface area (Å²) in [7, 11) is 1.63. The third kappa shape index (κ3) is 3.41. The Balaban J connectivity index is 1.92. The Kier molecular flexibility index (Phi) is 5.08. The van der Waals surface area contributed by atoms with E-state index in [1.807, 2.05) is 55.5 Å². The fourth-order valence-electron chi connectivity index (χ4n) is 2.40. The van der Waals surface area contributed by atoms with Crippen molar-refractivity contribution in [1.82, 2.24) is 0 Å². The number of carbonyl (C=O) groups excluding carboxylic acids is 1. The molecule has 6 heteroatoms. The maximum atomic E-state index is 12.8. The molecule has 0 atom stereocenters. The lowest BCUT2D eigenvalue weighted by molar-refractivity contribution is -0.113. The molecule has 1 fully saturated rings. The van der Waals surface area contributed by atoms with Gasteiger partial charge in [0.1, 0.15) is 5.75 Å². The molecule has 1 saturated heterocycles. The van der Waals surface area contributed by atoms with Gasteiger partial charge in [0.15, 0.2) is 4.32 Å². The van der Waals surface area contributed by atoms with Crippen LogP contribution in [0, 0.1) is 6.92 Å². The zero-order valence-electron chi connectivity index (χ0n) is 13.1. The number of hydrogen-bond donors (Lipinski definition) is 0. The minimum absolute atomic E-state index is 0.0914. The van der Waals surface area contributed by atoms with Crippen LogP contribution in [0.2, 0.25) is 0 Å². The monoisotopic (exact) mass is 419 g/mol. The summed E-state index contributed by atoms with van der Waals surface area (Å²) < 4.78 is 6.67. The van der Waals surface area contributed by atoms with Crippen LogP contribution in [-0.2, 0) is 4.79 Å². The average molecular weight is 420 g/mol. The standard InChI is InChI=1S/C18H14BrNO2S2/c1-11-9-13(19)5-8-15(11)20-17(21)16(24-18(20)23)10-12-3-6-14(22-2)7-4-12/h3-10H,1-2H3/b16-10+. The quantitative estimate of drug-likeness (QED) is 0.506. The second-order valence-electron chi connectivity index (χ2n) is 5.22. The van der Waals surface area contributed by atoms with Crippen LogP contribution in [0.15, 0.2) is 51.8 Å². The van der Waals surface area contributed by atoms with Crippen molar-refractivity contribution >= 4 is 61.9 Å². The van der Waals surface area contributed by atoms with Crippen LogP contribution in [0.25, 0.3) is 6.08 Å². The Morgan fingerprint density at radius 1 is 1.21 bits per heavy atom. The molecule has 1 heterocycles. The van der Waals surface area contributed by atoms with Crippen molar-refractivity contribution in [3.05, 3.63) is 63.0 Å². The van der Waals surface area contributed by atoms with Crippen molar-refractivity contribution < 1.29 is 9.53 Å². The number of thioether (sulfide) groups is 1. The molecule has 0 spiro atoms. The van der Waals surface area contributed by atoms with Gasteiger partial charge in [0.25, 0.3) is 5.91 Å². The first-order chi connectivity index (χ1) is 11.5. The maximum absolute atomic E-state index is 12.8. The minimum Gasteiger partial charge on any atom is -0.497 e. The molecule has 1 amide bonds. The number of thiocarbonyl (C=S) groups is 1. The number of methoxy groups -OCH3 is 1. The first-order valence-corrected chi connectivity index (χ1v) is 9.19. The summed E-state index contributed by atoms with van der Waals surface area (Å²) in [6.07, 6.45) is 1.85. The molecule has 0 unspecified atom stereocenters. The number of carbonyl (C=O) groups is 1. The second kappa shape index (κ2) is 7.09. The number of amides is 1. The number of ether oxygens (including phenoxy) is 1. The lowest BCUT2D eigenvalue weighted by Gasteiger charge is -2.17. The van der Waals surface area contributed by atoms with Gasteiger partial charge >= 0.3 is 0 Å². The minimum atomic E-state index is -0.0914. The summed E-state index contributed by atoms with van der Waals surface area (Å²) in [6.45, 7) is 1.96. The molecular weight excluding hydrogens is 406 g/mol. The van der Waals surface area contributed by atoms with Crippen molar-refractivity contribution in [2.75, 3.05) is 12.0 Å². The van der Waals surface area contributed by atoms with Gasteiger partial charge in [0.05, 0.1) is 17.7 Å². The molecule has 0 radical (unpaired) electrons. The number of rotatable bonds is 3. The number of halogens is 1. The Bertz CT molecular complexity index is 847. The molecular formula is C18H14BrNO2S2. The molecule has 2 aromatic carbocycles. The lowest BCUT2D eigenvalue weighted by Crippen LogP contribution is -2.28. The third-order valence-corrected chi connectivity index (χ3v) is 5.40. The van der Waals surface area contributed by atoms with E-state index in [1.54, 1.807) is 12.0 Å². The van der Waals surface area contributed by atoms with Crippen molar-refractivity contribution in [2.45, 2.75) is 6.92 Å². The van der Waals surface area contributed by atoms with Gasteiger partial charge in [0, 0.05) is 4.47 Å². The summed E-state index contributed by atoms with van der Waals surface area (Å²) in [6, 6.07) is 13.3. The van der Waals surface area contributed by atoms with Crippen molar-refractivity contribution in [3.63, 3.8) is 0 Å². The Morgan fingerprint density at radius 2 is 1.92 bits per heavy atom. The molecule has 0 N–H and O–H groups in total. The fraction of sp³-hybridized carbons (Fsp3) is 0.111. The van der Waals surface area contributed by atoms with Crippen LogP contribution < -0.4 is 9.64 Å². The first kappa shape index (κ1) is 17.2. The molecule has 0 bridgehead atoms. The summed E-state index contributed by atoms with van der Waals surface area (Å²) >= 11 is 10.2. The van der Waals surface area contributed by atoms with Crippen molar-refractivity contribution in [2.24, 2.45) is 0 Å². The molecule has 24 heavy (non-hydrogen) atoms. The SMILES string of the molecule is COc1ccc(/C=C2/SC(=S)N(c3ccc(Br)cc3C)C2=O)cc1. The molecule has 0 aromatic heterocycles. The van der Waals surface area contributed by atoms with Gasteiger partial charge in [-0.3, -0.25) is 9.69 Å². The van der Waals surface area contributed by atoms with E-state index in [-0.39, 0.29) is 5.91 Å². The van der Waals surface area contributed by atoms with E-state index < -0.39 is 0 Å². The van der Waals surface area contributed by atoms with Crippen LogP contribution >= 0.6 is 39.9 Å². The maximum Gasteiger partial charge on any atom is 0.270 e. The van der Waals surface area contributed by atoms with Crippen LogP contribution in [0.4, 0.5) is 5.69 Å². The molecule has 2 aromatic rings. The van der Waals surface area contributed by atoms with Crippen LogP contribution in [0.1, 0.15) is 11.1 Å². The highest BCUT2D eigenvalue weighted by Gasteiger charge is 2.34. The highest BCUT2D eigenvalue weighted by molar-refractivity contribution is 9.10. The fourth-order valence-corrected chi connectivity index (χ4v) is 4.16. The normalized spacial score (nSPS) is 16.1. The third-order valence-electron chi connectivity index (χ3n) is 3.61. The topological polar surface area (TPSA) is 29.5 Å². The molecule has 122 valence electrons. The zero-order chi connectivity index (χ0) is 17.3. The van der Waals surface area contributed by atoms with E-state index >= 15 is 0 Å². The van der Waals surface area contributed by atoms with Gasteiger partial charge in [-0.2, -0.15) is 0 Å². The summed E-state index contributed by atoms with van der Waals surface area (Å²) in [5.74, 6) is 0.691. The number of aryl methyl sites for hydroxylation is 1. The van der Waals surface area contributed by atoms with Crippen LogP contribution in [0.3, 0.4) is 0 Å². The smallest absolute Gasteiger partial charge is 0.270 e. The van der Waals surface area contributed by atoms with Gasteiger partial charge in [0.2, 0.25) is 0 Å². The van der Waals surface area contributed by atoms with E-state index in [2.05, 4.69) is 15.9 Å². The van der Waals surface area contributed by atoms with Gasteiger partial charge in [-0.25, -0.2) is 0 Å². The molecule has 1 aliphatic rings. The number of benzene rings is 2. The highest BCUT2D eigenvalue weighted by atomic mass is 79.9. The van der Waals surface area contributed by atoms with Crippen LogP contribution in [-0.4, -0.2) is 17.3 Å². The number of nitrogens with zero attached hydrogens (tertiary/aromatic N) is 1. The Labute approximate surface area is 158 Å². The molecule has 1 aliphatic heterocycles. The van der Waals surface area contributed by atoms with E-state index in [4.69, 9.17) is 17.0 Å².